The van der Waals surface area contributed by atoms with Gasteiger partial charge in [-0.1, -0.05) is 30.5 Å². The van der Waals surface area contributed by atoms with Gasteiger partial charge in [0.25, 0.3) is 0 Å². The maximum atomic E-state index is 15.4. The number of nitrogens with one attached hydrogen (secondary N) is 3. The maximum absolute atomic E-state index is 15.4. The second kappa shape index (κ2) is 13.8. The lowest BCUT2D eigenvalue weighted by molar-refractivity contribution is -0.119. The number of methoxy groups -OCH3 is 1. The Bertz CT molecular complexity index is 1550. The Morgan fingerprint density at radius 3 is 2.47 bits per heavy atom. The Labute approximate surface area is 274 Å². The average Bonchev–Trinajstić information content (AvgIpc) is 3.59. The fourth-order valence-corrected chi connectivity index (χ4v) is 7.39. The normalized spacial score (nSPS) is 20.4. The lowest BCUT2D eigenvalue weighted by Crippen LogP contribution is -2.49. The minimum atomic E-state index is -1.48. The number of thiophene rings is 1. The van der Waals surface area contributed by atoms with Crippen LogP contribution >= 0.6 is 22.9 Å². The van der Waals surface area contributed by atoms with E-state index in [9.17, 15) is 13.8 Å². The van der Waals surface area contributed by atoms with Crippen LogP contribution in [0.15, 0.2) is 54.9 Å². The number of amides is 3. The number of anilines is 2. The number of ether oxygens (including phenoxy) is 1. The molecule has 3 heterocycles. The third-order valence-electron chi connectivity index (χ3n) is 8.30. The Hall–Kier alpha value is -2.90. The first-order chi connectivity index (χ1) is 21.4. The number of nitrogens with zero attached hydrogens (tertiary/aromatic N) is 2. The summed E-state index contributed by atoms with van der Waals surface area (Å²) in [6.07, 6.45) is 7.04. The van der Waals surface area contributed by atoms with Crippen molar-refractivity contribution in [3.8, 4) is 0 Å². The zero-order valence-electron chi connectivity index (χ0n) is 25.8. The Morgan fingerprint density at radius 1 is 1.11 bits per heavy atom. The number of urea groups is 1. The van der Waals surface area contributed by atoms with E-state index in [0.29, 0.717) is 27.2 Å². The van der Waals surface area contributed by atoms with Crippen molar-refractivity contribution in [2.24, 2.45) is 5.92 Å². The third-order valence-corrected chi connectivity index (χ3v) is 11.1. The highest BCUT2D eigenvalue weighted by atomic mass is 35.5. The van der Waals surface area contributed by atoms with Crippen LogP contribution in [0.5, 0.6) is 0 Å². The van der Waals surface area contributed by atoms with Crippen molar-refractivity contribution in [1.82, 2.24) is 14.6 Å². The van der Waals surface area contributed by atoms with Gasteiger partial charge in [0.1, 0.15) is 11.9 Å². The molecule has 9 nitrogen and oxygen atoms in total. The standard InChI is InChI=1S/C32H39ClFN5O4S2/c1-31(2,3)45(42)38-32(14-11-20-5-6-20,21-12-15-35-16-13-21)22-7-8-24(34)25(17-22)36-29(40)26-18-23(43-4)19-39(26)30(41)37-28-10-9-27(33)44-28/h7-10,12-13,15-17,20,23,26,38H,5-6,11,14,18-19H2,1-4H3,(H,36,40)(H,37,41)/t23?,26?,32?,45-/m1/s1. The minimum Gasteiger partial charge on any atom is -0.380 e. The molecule has 242 valence electrons. The van der Waals surface area contributed by atoms with E-state index in [2.05, 4.69) is 20.3 Å². The minimum absolute atomic E-state index is 0.0306. The van der Waals surface area contributed by atoms with E-state index in [1.807, 2.05) is 32.9 Å². The molecule has 3 aromatic rings. The van der Waals surface area contributed by atoms with Crippen molar-refractivity contribution >= 4 is 56.6 Å². The van der Waals surface area contributed by atoms with Crippen LogP contribution in [0.3, 0.4) is 0 Å². The van der Waals surface area contributed by atoms with Crippen LogP contribution in [0.2, 0.25) is 4.34 Å². The zero-order valence-corrected chi connectivity index (χ0v) is 28.2. The number of hydrogen-bond acceptors (Lipinski definition) is 6. The quantitative estimate of drug-likeness (QED) is 0.210. The number of halogens is 2. The first-order valence-corrected chi connectivity index (χ1v) is 17.3. The predicted molar refractivity (Wildman–Crippen MR) is 177 cm³/mol. The number of rotatable bonds is 11. The van der Waals surface area contributed by atoms with Crippen LogP contribution in [0.4, 0.5) is 19.9 Å². The second-order valence-corrected chi connectivity index (χ2v) is 16.3. The fourth-order valence-electron chi connectivity index (χ4n) is 5.50. The molecule has 5 rings (SSSR count). The molecule has 0 radical (unpaired) electrons. The Morgan fingerprint density at radius 2 is 1.84 bits per heavy atom. The highest BCUT2D eigenvalue weighted by molar-refractivity contribution is 7.84. The van der Waals surface area contributed by atoms with Crippen LogP contribution in [0.25, 0.3) is 0 Å². The monoisotopic (exact) mass is 675 g/mol. The first kappa shape index (κ1) is 33.5. The highest BCUT2D eigenvalue weighted by Gasteiger charge is 2.42. The van der Waals surface area contributed by atoms with Gasteiger partial charge in [-0.15, -0.1) is 11.3 Å². The number of carbonyl (C=O) groups excluding carboxylic acids is 2. The summed E-state index contributed by atoms with van der Waals surface area (Å²) in [4.78, 5) is 32.5. The molecule has 0 bridgehead atoms. The summed E-state index contributed by atoms with van der Waals surface area (Å²) in [5.74, 6) is -0.585. The van der Waals surface area contributed by atoms with Crippen molar-refractivity contribution in [3.63, 3.8) is 0 Å². The van der Waals surface area contributed by atoms with Gasteiger partial charge in [-0.3, -0.25) is 15.1 Å². The predicted octanol–water partition coefficient (Wildman–Crippen LogP) is 6.68. The Balaban J connectivity index is 1.47. The zero-order chi connectivity index (χ0) is 32.4. The molecule has 1 aliphatic heterocycles. The van der Waals surface area contributed by atoms with E-state index in [-0.39, 0.29) is 24.8 Å². The van der Waals surface area contributed by atoms with Crippen molar-refractivity contribution in [2.45, 2.75) is 75.3 Å². The molecule has 4 atom stereocenters. The molecule has 2 fully saturated rings. The number of aromatic nitrogens is 1. The molecule has 13 heteroatoms. The molecular weight excluding hydrogens is 637 g/mol. The second-order valence-electron chi connectivity index (χ2n) is 12.6. The van der Waals surface area contributed by atoms with Gasteiger partial charge in [0.2, 0.25) is 5.91 Å². The molecule has 1 saturated carbocycles. The molecular formula is C32H39ClFN5O4S2. The summed E-state index contributed by atoms with van der Waals surface area (Å²) in [7, 11) is 0.0446. The number of pyridine rings is 1. The van der Waals surface area contributed by atoms with E-state index < -0.39 is 45.1 Å². The summed E-state index contributed by atoms with van der Waals surface area (Å²) in [6, 6.07) is 10.3. The van der Waals surface area contributed by atoms with E-state index >= 15 is 4.39 Å². The molecule has 45 heavy (non-hydrogen) atoms. The molecule has 0 spiro atoms. The molecule has 1 aliphatic carbocycles. The van der Waals surface area contributed by atoms with Crippen LogP contribution in [-0.4, -0.2) is 56.6 Å². The fraction of sp³-hybridized carbons (Fsp3) is 0.469. The molecule has 3 amide bonds. The topological polar surface area (TPSA) is 113 Å². The Kier molecular flexibility index (Phi) is 10.3. The lowest BCUT2D eigenvalue weighted by atomic mass is 9.79. The van der Waals surface area contributed by atoms with Gasteiger partial charge in [-0.05, 0) is 87.1 Å². The largest absolute Gasteiger partial charge is 0.380 e. The van der Waals surface area contributed by atoms with Crippen molar-refractivity contribution in [1.29, 1.82) is 0 Å². The van der Waals surface area contributed by atoms with Gasteiger partial charge < -0.3 is 15.0 Å². The average molecular weight is 676 g/mol. The smallest absolute Gasteiger partial charge is 0.323 e. The van der Waals surface area contributed by atoms with Gasteiger partial charge >= 0.3 is 6.03 Å². The number of hydrogen-bond donors (Lipinski definition) is 3. The van der Waals surface area contributed by atoms with Crippen LogP contribution < -0.4 is 15.4 Å². The molecule has 1 saturated heterocycles. The number of carbonyl (C=O) groups is 2. The molecule has 3 N–H and O–H groups in total. The molecule has 3 unspecified atom stereocenters. The van der Waals surface area contributed by atoms with Gasteiger partial charge in [-0.2, -0.15) is 0 Å². The molecule has 2 aromatic heterocycles. The van der Waals surface area contributed by atoms with Gasteiger partial charge in [0.15, 0.2) is 0 Å². The van der Waals surface area contributed by atoms with Crippen LogP contribution in [0, 0.1) is 11.7 Å². The third kappa shape index (κ3) is 7.91. The van der Waals surface area contributed by atoms with Gasteiger partial charge in [-0.25, -0.2) is 18.1 Å². The summed E-state index contributed by atoms with van der Waals surface area (Å²) < 4.78 is 38.0. The van der Waals surface area contributed by atoms with E-state index in [1.165, 1.54) is 29.4 Å². The van der Waals surface area contributed by atoms with Crippen molar-refractivity contribution < 1.29 is 22.9 Å². The number of likely N-dealkylation sites (tertiary alicyclic amines) is 1. The molecule has 2 aliphatic rings. The van der Waals surface area contributed by atoms with Gasteiger partial charge in [0, 0.05) is 32.5 Å². The SMILES string of the molecule is COC1CC(C(=O)Nc2cc(C(CCC3CC3)(N[S@](=O)C(C)(C)C)c3ccncc3)ccc2F)N(C(=O)Nc2ccc(Cl)s2)C1. The summed E-state index contributed by atoms with van der Waals surface area (Å²) in [5, 5.41) is 6.08. The lowest BCUT2D eigenvalue weighted by Gasteiger charge is -2.38. The van der Waals surface area contributed by atoms with E-state index in [1.54, 1.807) is 36.7 Å². The first-order valence-electron chi connectivity index (χ1n) is 15.0. The summed E-state index contributed by atoms with van der Waals surface area (Å²) >= 11 is 7.22. The van der Waals surface area contributed by atoms with Crippen molar-refractivity contribution in [3.05, 3.63) is 76.1 Å². The van der Waals surface area contributed by atoms with E-state index in [0.717, 1.165) is 24.8 Å². The molecule has 1 aromatic carbocycles. The summed E-state index contributed by atoms with van der Waals surface area (Å²) in [5.41, 5.74) is 0.528. The number of benzene rings is 1. The van der Waals surface area contributed by atoms with Crippen molar-refractivity contribution in [2.75, 3.05) is 24.3 Å². The highest BCUT2D eigenvalue weighted by Crippen LogP contribution is 2.42. The van der Waals surface area contributed by atoms with Gasteiger partial charge in [0.05, 0.1) is 42.4 Å². The maximum Gasteiger partial charge on any atom is 0.323 e. The van der Waals surface area contributed by atoms with Crippen LogP contribution in [-0.2, 0) is 26.1 Å². The summed E-state index contributed by atoms with van der Waals surface area (Å²) in [6.45, 7) is 5.88. The van der Waals surface area contributed by atoms with Crippen LogP contribution in [0.1, 0.15) is 64.0 Å². The van der Waals surface area contributed by atoms with E-state index in [4.69, 9.17) is 16.3 Å².